The van der Waals surface area contributed by atoms with Crippen molar-refractivity contribution in [2.24, 2.45) is 5.92 Å². The normalized spacial score (nSPS) is 25.4. The lowest BCUT2D eigenvalue weighted by Crippen LogP contribution is -2.40. The third-order valence-corrected chi connectivity index (χ3v) is 5.39. The molecule has 1 nitrogen and oxygen atoms in total. The minimum absolute atomic E-state index is 0.616. The molecule has 0 aliphatic heterocycles. The second kappa shape index (κ2) is 7.44. The average Bonchev–Trinajstić information content (AvgIpc) is 2.77. The van der Waals surface area contributed by atoms with Crippen molar-refractivity contribution in [3.63, 3.8) is 0 Å². The van der Waals surface area contributed by atoms with Gasteiger partial charge in [-0.2, -0.15) is 0 Å². The van der Waals surface area contributed by atoms with Crippen molar-refractivity contribution in [1.82, 2.24) is 5.32 Å². The first-order chi connectivity index (χ1) is 9.17. The number of thiophene rings is 1. The second-order valence-electron chi connectivity index (χ2n) is 6.29. The number of hydrogen-bond donors (Lipinski definition) is 1. The smallest absolute Gasteiger partial charge is 0.00896 e. The summed E-state index contributed by atoms with van der Waals surface area (Å²) in [4.78, 5) is 2.96. The SMILES string of the molecule is CCCC1CCC(NC(C)Cc2ccc(C)s2)CC1. The third-order valence-electron chi connectivity index (χ3n) is 4.37. The van der Waals surface area contributed by atoms with E-state index >= 15 is 0 Å². The van der Waals surface area contributed by atoms with Crippen molar-refractivity contribution in [3.05, 3.63) is 21.9 Å². The van der Waals surface area contributed by atoms with Gasteiger partial charge in [0.15, 0.2) is 0 Å². The predicted molar refractivity (Wildman–Crippen MR) is 86.0 cm³/mol. The molecule has 108 valence electrons. The van der Waals surface area contributed by atoms with Crippen LogP contribution in [0.25, 0.3) is 0 Å². The largest absolute Gasteiger partial charge is 0.311 e. The molecule has 2 rings (SSSR count). The second-order valence-corrected chi connectivity index (χ2v) is 7.66. The van der Waals surface area contributed by atoms with Gasteiger partial charge < -0.3 is 5.32 Å². The van der Waals surface area contributed by atoms with E-state index in [1.807, 2.05) is 11.3 Å². The molecule has 0 bridgehead atoms. The van der Waals surface area contributed by atoms with Crippen LogP contribution in [0.2, 0.25) is 0 Å². The minimum atomic E-state index is 0.616. The van der Waals surface area contributed by atoms with Gasteiger partial charge in [-0.05, 0) is 64.0 Å². The van der Waals surface area contributed by atoms with Gasteiger partial charge >= 0.3 is 0 Å². The molecule has 1 N–H and O–H groups in total. The van der Waals surface area contributed by atoms with Crippen molar-refractivity contribution in [3.8, 4) is 0 Å². The highest BCUT2D eigenvalue weighted by Crippen LogP contribution is 2.28. The van der Waals surface area contributed by atoms with Gasteiger partial charge in [0.1, 0.15) is 0 Å². The first kappa shape index (κ1) is 15.1. The Balaban J connectivity index is 1.70. The van der Waals surface area contributed by atoms with E-state index in [1.54, 1.807) is 0 Å². The van der Waals surface area contributed by atoms with E-state index < -0.39 is 0 Å². The van der Waals surface area contributed by atoms with Crippen molar-refractivity contribution in [2.45, 2.75) is 77.8 Å². The van der Waals surface area contributed by atoms with Crippen LogP contribution in [0.5, 0.6) is 0 Å². The molecule has 1 fully saturated rings. The molecule has 1 heterocycles. The maximum Gasteiger partial charge on any atom is 0.00896 e. The molecule has 1 aliphatic rings. The number of nitrogens with one attached hydrogen (secondary N) is 1. The van der Waals surface area contributed by atoms with E-state index in [2.05, 4.69) is 38.2 Å². The Morgan fingerprint density at radius 2 is 2.00 bits per heavy atom. The molecule has 0 spiro atoms. The molecular formula is C17H29NS. The molecule has 1 unspecified atom stereocenters. The van der Waals surface area contributed by atoms with Crippen molar-refractivity contribution in [1.29, 1.82) is 0 Å². The van der Waals surface area contributed by atoms with Gasteiger partial charge in [-0.3, -0.25) is 0 Å². The van der Waals surface area contributed by atoms with E-state index in [-0.39, 0.29) is 0 Å². The Morgan fingerprint density at radius 3 is 2.58 bits per heavy atom. The lowest BCUT2D eigenvalue weighted by Gasteiger charge is -2.31. The van der Waals surface area contributed by atoms with E-state index in [0.717, 1.165) is 12.0 Å². The predicted octanol–water partition coefficient (Wildman–Crippen LogP) is 4.94. The van der Waals surface area contributed by atoms with E-state index in [9.17, 15) is 0 Å². The molecule has 0 radical (unpaired) electrons. The minimum Gasteiger partial charge on any atom is -0.311 e. The molecule has 1 aromatic heterocycles. The van der Waals surface area contributed by atoms with Gasteiger partial charge in [-0.1, -0.05) is 19.8 Å². The quantitative estimate of drug-likeness (QED) is 0.778. The lowest BCUT2D eigenvalue weighted by atomic mass is 9.83. The number of aryl methyl sites for hydroxylation is 1. The molecule has 1 saturated carbocycles. The zero-order chi connectivity index (χ0) is 13.7. The van der Waals surface area contributed by atoms with Gasteiger partial charge in [0.2, 0.25) is 0 Å². The van der Waals surface area contributed by atoms with Crippen molar-refractivity contribution >= 4 is 11.3 Å². The monoisotopic (exact) mass is 279 g/mol. The summed E-state index contributed by atoms with van der Waals surface area (Å²) in [6.07, 6.45) is 9.64. The van der Waals surface area contributed by atoms with E-state index in [1.165, 1.54) is 54.7 Å². The fourth-order valence-electron chi connectivity index (χ4n) is 3.38. The van der Waals surface area contributed by atoms with Crippen LogP contribution in [0, 0.1) is 12.8 Å². The summed E-state index contributed by atoms with van der Waals surface area (Å²) < 4.78 is 0. The zero-order valence-electron chi connectivity index (χ0n) is 12.7. The van der Waals surface area contributed by atoms with Gasteiger partial charge in [-0.25, -0.2) is 0 Å². The van der Waals surface area contributed by atoms with Crippen LogP contribution in [0.4, 0.5) is 0 Å². The highest BCUT2D eigenvalue weighted by molar-refractivity contribution is 7.11. The number of hydrogen-bond acceptors (Lipinski definition) is 2. The van der Waals surface area contributed by atoms with Crippen LogP contribution in [0.3, 0.4) is 0 Å². The van der Waals surface area contributed by atoms with Crippen LogP contribution >= 0.6 is 11.3 Å². The Hall–Kier alpha value is -0.340. The summed E-state index contributed by atoms with van der Waals surface area (Å²) in [6.45, 7) is 6.85. The number of rotatable bonds is 6. The summed E-state index contributed by atoms with van der Waals surface area (Å²) in [5, 5.41) is 3.85. The van der Waals surface area contributed by atoms with Crippen LogP contribution in [-0.4, -0.2) is 12.1 Å². The van der Waals surface area contributed by atoms with Crippen LogP contribution in [0.15, 0.2) is 12.1 Å². The standard InChI is InChI=1S/C17H29NS/c1-4-5-15-7-9-16(10-8-15)18-13(2)12-17-11-6-14(3)19-17/h6,11,13,15-16,18H,4-5,7-10,12H2,1-3H3. The van der Waals surface area contributed by atoms with Gasteiger partial charge in [0, 0.05) is 21.8 Å². The fourth-order valence-corrected chi connectivity index (χ4v) is 4.40. The van der Waals surface area contributed by atoms with Gasteiger partial charge in [0.05, 0.1) is 0 Å². The Labute approximate surface area is 122 Å². The van der Waals surface area contributed by atoms with Crippen LogP contribution < -0.4 is 5.32 Å². The van der Waals surface area contributed by atoms with Crippen molar-refractivity contribution < 1.29 is 0 Å². The average molecular weight is 279 g/mol. The molecule has 0 saturated heterocycles. The summed E-state index contributed by atoms with van der Waals surface area (Å²) in [7, 11) is 0. The van der Waals surface area contributed by atoms with Gasteiger partial charge in [-0.15, -0.1) is 11.3 Å². The molecule has 0 aromatic carbocycles. The third kappa shape index (κ3) is 4.92. The summed E-state index contributed by atoms with van der Waals surface area (Å²) in [5.41, 5.74) is 0. The fraction of sp³-hybridized carbons (Fsp3) is 0.765. The Bertz CT molecular complexity index is 363. The summed E-state index contributed by atoms with van der Waals surface area (Å²) in [5.74, 6) is 1.01. The summed E-state index contributed by atoms with van der Waals surface area (Å²) in [6, 6.07) is 5.91. The molecule has 19 heavy (non-hydrogen) atoms. The highest BCUT2D eigenvalue weighted by atomic mass is 32.1. The van der Waals surface area contributed by atoms with E-state index in [4.69, 9.17) is 0 Å². The van der Waals surface area contributed by atoms with Crippen LogP contribution in [0.1, 0.15) is 62.1 Å². The lowest BCUT2D eigenvalue weighted by molar-refractivity contribution is 0.265. The maximum atomic E-state index is 3.85. The topological polar surface area (TPSA) is 12.0 Å². The molecular weight excluding hydrogens is 250 g/mol. The zero-order valence-corrected chi connectivity index (χ0v) is 13.6. The molecule has 1 aromatic rings. The van der Waals surface area contributed by atoms with Crippen molar-refractivity contribution in [2.75, 3.05) is 0 Å². The first-order valence-electron chi connectivity index (χ1n) is 7.98. The highest BCUT2D eigenvalue weighted by Gasteiger charge is 2.21. The maximum absolute atomic E-state index is 3.85. The molecule has 0 amide bonds. The first-order valence-corrected chi connectivity index (χ1v) is 8.80. The molecule has 1 atom stereocenters. The summed E-state index contributed by atoms with van der Waals surface area (Å²) >= 11 is 1.95. The Kier molecular flexibility index (Phi) is 5.90. The van der Waals surface area contributed by atoms with E-state index in [0.29, 0.717) is 6.04 Å². The van der Waals surface area contributed by atoms with Crippen LogP contribution in [-0.2, 0) is 6.42 Å². The molecule has 1 aliphatic carbocycles. The Morgan fingerprint density at radius 1 is 1.26 bits per heavy atom. The molecule has 2 heteroatoms. The van der Waals surface area contributed by atoms with Gasteiger partial charge in [0.25, 0.3) is 0 Å².